The highest BCUT2D eigenvalue weighted by Gasteiger charge is 2.08. The lowest BCUT2D eigenvalue weighted by Crippen LogP contribution is -2.89. The van der Waals surface area contributed by atoms with E-state index in [1.807, 2.05) is 12.1 Å². The van der Waals surface area contributed by atoms with Crippen LogP contribution in [0.1, 0.15) is 18.9 Å². The van der Waals surface area contributed by atoms with Gasteiger partial charge in [-0.05, 0) is 40.5 Å². The largest absolute Gasteiger partial charge is 0.496 e. The van der Waals surface area contributed by atoms with Crippen LogP contribution in [0.4, 0.5) is 0 Å². The molecule has 1 rings (SSSR count). The number of methoxy groups -OCH3 is 1. The summed E-state index contributed by atoms with van der Waals surface area (Å²) in [6.45, 7) is 3.19. The van der Waals surface area contributed by atoms with Gasteiger partial charge in [0, 0.05) is 5.56 Å². The molecule has 1 aromatic carbocycles. The Hall–Kier alpha value is -0.580. The van der Waals surface area contributed by atoms with Gasteiger partial charge in [0.1, 0.15) is 18.3 Å². The van der Waals surface area contributed by atoms with Crippen LogP contribution in [0.5, 0.6) is 5.75 Å². The molecule has 16 heavy (non-hydrogen) atoms. The van der Waals surface area contributed by atoms with Gasteiger partial charge in [-0.1, -0.05) is 6.92 Å². The maximum atomic E-state index is 9.08. The van der Waals surface area contributed by atoms with Crippen molar-refractivity contribution in [1.82, 2.24) is 0 Å². The Balaban J connectivity index is 2.58. The van der Waals surface area contributed by atoms with E-state index in [4.69, 9.17) is 9.84 Å². The van der Waals surface area contributed by atoms with Crippen molar-refractivity contribution in [3.05, 3.63) is 28.2 Å². The third-order valence-electron chi connectivity index (χ3n) is 2.66. The molecule has 0 bridgehead atoms. The number of ether oxygens (including phenoxy) is 1. The first kappa shape index (κ1) is 13.5. The van der Waals surface area contributed by atoms with Crippen molar-refractivity contribution in [2.24, 2.45) is 0 Å². The molecule has 4 heteroatoms. The molecule has 0 saturated heterocycles. The number of halogens is 1. The van der Waals surface area contributed by atoms with Crippen LogP contribution in [0, 0.1) is 0 Å². The number of aliphatic hydroxyl groups excluding tert-OH is 1. The Morgan fingerprint density at radius 2 is 2.25 bits per heavy atom. The molecule has 90 valence electrons. The number of nitrogens with two attached hydrogens (primary N) is 1. The van der Waals surface area contributed by atoms with Gasteiger partial charge in [-0.3, -0.25) is 0 Å². The standard InChI is InChI=1S/C12H18BrNO2/c1-3-10(8-15)14-7-9-4-5-12(16-2)11(13)6-9/h4-6,10,14-15H,3,7-8H2,1-2H3/p+1. The molecule has 1 atom stereocenters. The van der Waals surface area contributed by atoms with Gasteiger partial charge >= 0.3 is 0 Å². The molecule has 0 aliphatic rings. The number of rotatable bonds is 6. The van der Waals surface area contributed by atoms with E-state index >= 15 is 0 Å². The van der Waals surface area contributed by atoms with Gasteiger partial charge in [0.15, 0.2) is 0 Å². The van der Waals surface area contributed by atoms with E-state index in [0.29, 0.717) is 6.04 Å². The molecule has 3 N–H and O–H groups in total. The van der Waals surface area contributed by atoms with Gasteiger partial charge in [-0.2, -0.15) is 0 Å². The second kappa shape index (κ2) is 6.89. The number of hydrogen-bond acceptors (Lipinski definition) is 2. The third-order valence-corrected chi connectivity index (χ3v) is 3.28. The van der Waals surface area contributed by atoms with E-state index in [1.54, 1.807) is 7.11 Å². The zero-order valence-corrected chi connectivity index (χ0v) is 11.3. The lowest BCUT2D eigenvalue weighted by molar-refractivity contribution is -0.706. The third kappa shape index (κ3) is 3.77. The van der Waals surface area contributed by atoms with Crippen molar-refractivity contribution in [2.45, 2.75) is 25.9 Å². The predicted molar refractivity (Wildman–Crippen MR) is 67.5 cm³/mol. The van der Waals surface area contributed by atoms with Crippen LogP contribution >= 0.6 is 15.9 Å². The quantitative estimate of drug-likeness (QED) is 0.829. The van der Waals surface area contributed by atoms with Gasteiger partial charge in [-0.15, -0.1) is 0 Å². The summed E-state index contributed by atoms with van der Waals surface area (Å²) >= 11 is 3.46. The summed E-state index contributed by atoms with van der Waals surface area (Å²) in [5, 5.41) is 11.2. The lowest BCUT2D eigenvalue weighted by atomic mass is 10.2. The summed E-state index contributed by atoms with van der Waals surface area (Å²) in [6.07, 6.45) is 0.980. The van der Waals surface area contributed by atoms with Crippen molar-refractivity contribution in [3.8, 4) is 5.75 Å². The molecule has 0 fully saturated rings. The minimum absolute atomic E-state index is 0.230. The lowest BCUT2D eigenvalue weighted by Gasteiger charge is -2.11. The fourth-order valence-electron chi connectivity index (χ4n) is 1.51. The number of benzene rings is 1. The van der Waals surface area contributed by atoms with Crippen molar-refractivity contribution in [3.63, 3.8) is 0 Å². The van der Waals surface area contributed by atoms with E-state index < -0.39 is 0 Å². The van der Waals surface area contributed by atoms with Crippen LogP contribution in [0.3, 0.4) is 0 Å². The number of quaternary nitrogens is 1. The molecule has 1 aromatic rings. The normalized spacial score (nSPS) is 12.5. The monoisotopic (exact) mass is 288 g/mol. The highest BCUT2D eigenvalue weighted by Crippen LogP contribution is 2.25. The Morgan fingerprint density at radius 1 is 1.50 bits per heavy atom. The molecule has 0 aliphatic carbocycles. The van der Waals surface area contributed by atoms with Gasteiger partial charge in [0.2, 0.25) is 0 Å². The smallest absolute Gasteiger partial charge is 0.133 e. The van der Waals surface area contributed by atoms with Crippen LogP contribution in [0.25, 0.3) is 0 Å². The van der Waals surface area contributed by atoms with Crippen molar-refractivity contribution < 1.29 is 15.2 Å². The number of hydrogen-bond donors (Lipinski definition) is 2. The molecule has 1 unspecified atom stereocenters. The van der Waals surface area contributed by atoms with Crippen molar-refractivity contribution in [2.75, 3.05) is 13.7 Å². The summed E-state index contributed by atoms with van der Waals surface area (Å²) < 4.78 is 6.14. The average Bonchev–Trinajstić information content (AvgIpc) is 2.30. The van der Waals surface area contributed by atoms with E-state index in [-0.39, 0.29) is 6.61 Å². The summed E-state index contributed by atoms with van der Waals surface area (Å²) in [6, 6.07) is 6.34. The maximum absolute atomic E-state index is 9.08. The van der Waals surface area contributed by atoms with E-state index in [9.17, 15) is 0 Å². The first-order valence-corrected chi connectivity index (χ1v) is 6.27. The summed E-state index contributed by atoms with van der Waals surface area (Å²) in [5.41, 5.74) is 1.22. The topological polar surface area (TPSA) is 46.1 Å². The predicted octanol–water partition coefficient (Wildman–Crippen LogP) is 1.29. The zero-order valence-electron chi connectivity index (χ0n) is 9.74. The SMILES string of the molecule is CCC(CO)[NH2+]Cc1ccc(OC)c(Br)c1. The first-order chi connectivity index (χ1) is 7.71. The Kier molecular flexibility index (Phi) is 5.80. The molecular weight excluding hydrogens is 270 g/mol. The van der Waals surface area contributed by atoms with Gasteiger partial charge in [0.25, 0.3) is 0 Å². The van der Waals surface area contributed by atoms with Gasteiger partial charge in [0.05, 0.1) is 18.2 Å². The Morgan fingerprint density at radius 3 is 2.75 bits per heavy atom. The Bertz CT molecular complexity index is 327. The van der Waals surface area contributed by atoms with Crippen LogP contribution in [-0.2, 0) is 6.54 Å². The number of aliphatic hydroxyl groups is 1. The summed E-state index contributed by atoms with van der Waals surface area (Å²) in [7, 11) is 1.66. The van der Waals surface area contributed by atoms with Crippen LogP contribution < -0.4 is 10.1 Å². The molecule has 0 aliphatic heterocycles. The highest BCUT2D eigenvalue weighted by molar-refractivity contribution is 9.10. The summed E-state index contributed by atoms with van der Waals surface area (Å²) in [4.78, 5) is 0. The zero-order chi connectivity index (χ0) is 12.0. The Labute approximate surface area is 105 Å². The molecule has 0 spiro atoms. The summed E-state index contributed by atoms with van der Waals surface area (Å²) in [5.74, 6) is 0.845. The van der Waals surface area contributed by atoms with Crippen molar-refractivity contribution >= 4 is 15.9 Å². The second-order valence-corrected chi connectivity index (χ2v) is 4.61. The highest BCUT2D eigenvalue weighted by atomic mass is 79.9. The molecule has 0 radical (unpaired) electrons. The van der Waals surface area contributed by atoms with Crippen LogP contribution in [0.2, 0.25) is 0 Å². The fourth-order valence-corrected chi connectivity index (χ4v) is 2.10. The molecule has 3 nitrogen and oxygen atoms in total. The first-order valence-electron chi connectivity index (χ1n) is 5.47. The van der Waals surface area contributed by atoms with Gasteiger partial charge in [-0.25, -0.2) is 0 Å². The van der Waals surface area contributed by atoms with Gasteiger partial charge < -0.3 is 15.2 Å². The van der Waals surface area contributed by atoms with E-state index in [1.165, 1.54) is 5.56 Å². The van der Waals surface area contributed by atoms with Crippen molar-refractivity contribution in [1.29, 1.82) is 0 Å². The average molecular weight is 289 g/mol. The van der Waals surface area contributed by atoms with E-state index in [2.05, 4.69) is 34.2 Å². The van der Waals surface area contributed by atoms with Crippen LogP contribution in [-0.4, -0.2) is 24.9 Å². The molecule has 0 saturated carbocycles. The fraction of sp³-hybridized carbons (Fsp3) is 0.500. The minimum atomic E-state index is 0.230. The molecular formula is C12H19BrNO2+. The van der Waals surface area contributed by atoms with E-state index in [0.717, 1.165) is 23.2 Å². The minimum Gasteiger partial charge on any atom is -0.496 e. The molecule has 0 heterocycles. The van der Waals surface area contributed by atoms with Crippen LogP contribution in [0.15, 0.2) is 22.7 Å². The molecule has 0 amide bonds. The molecule has 0 aromatic heterocycles. The second-order valence-electron chi connectivity index (χ2n) is 3.76. The maximum Gasteiger partial charge on any atom is 0.133 e.